The van der Waals surface area contributed by atoms with E-state index in [1.54, 1.807) is 5.38 Å². The van der Waals surface area contributed by atoms with E-state index >= 15 is 0 Å². The minimum atomic E-state index is -0.732. The maximum atomic E-state index is 13.5. The van der Waals surface area contributed by atoms with Gasteiger partial charge in [-0.1, -0.05) is 12.1 Å². The van der Waals surface area contributed by atoms with E-state index in [-0.39, 0.29) is 11.3 Å². The van der Waals surface area contributed by atoms with E-state index in [1.807, 2.05) is 16.8 Å². The Morgan fingerprint density at radius 1 is 1.04 bits per heavy atom. The Bertz CT molecular complexity index is 846. The molecular weight excluding hydrogens is 337 g/mol. The molecule has 0 radical (unpaired) electrons. The molecule has 0 aliphatic rings. The van der Waals surface area contributed by atoms with Crippen LogP contribution in [0.25, 0.3) is 10.6 Å². The second-order valence-electron chi connectivity index (χ2n) is 4.44. The van der Waals surface area contributed by atoms with Gasteiger partial charge in [0, 0.05) is 16.3 Å². The topological polar surface area (TPSA) is 71.1 Å². The second-order valence-corrected chi connectivity index (χ2v) is 6.08. The second kappa shape index (κ2) is 6.67. The van der Waals surface area contributed by atoms with Gasteiger partial charge in [0.2, 0.25) is 0 Å². The number of thiophene rings is 1. The van der Waals surface area contributed by atoms with Crippen LogP contribution in [0.1, 0.15) is 20.8 Å². The number of amides is 2. The Kier molecular flexibility index (Phi) is 4.45. The van der Waals surface area contributed by atoms with Crippen LogP contribution in [0.4, 0.5) is 4.39 Å². The summed E-state index contributed by atoms with van der Waals surface area (Å²) in [7, 11) is 0. The molecule has 0 unspecified atom stereocenters. The van der Waals surface area contributed by atoms with Crippen LogP contribution in [-0.2, 0) is 0 Å². The first-order valence-corrected chi connectivity index (χ1v) is 8.30. The number of benzene rings is 1. The summed E-state index contributed by atoms with van der Waals surface area (Å²) >= 11 is 2.87. The van der Waals surface area contributed by atoms with Gasteiger partial charge in [0.1, 0.15) is 16.5 Å². The highest BCUT2D eigenvalue weighted by molar-refractivity contribution is 7.14. The Hall–Kier alpha value is -2.58. The normalized spacial score (nSPS) is 10.3. The first-order chi connectivity index (χ1) is 11.1. The highest BCUT2D eigenvalue weighted by Gasteiger charge is 2.15. The maximum absolute atomic E-state index is 13.5. The molecule has 8 heteroatoms. The number of hydrogen-bond acceptors (Lipinski definition) is 5. The van der Waals surface area contributed by atoms with Gasteiger partial charge in [0.05, 0.1) is 5.56 Å². The number of rotatable bonds is 3. The Morgan fingerprint density at radius 2 is 1.83 bits per heavy atom. The van der Waals surface area contributed by atoms with E-state index in [0.29, 0.717) is 0 Å². The number of hydrazine groups is 1. The molecule has 2 amide bonds. The quantitative estimate of drug-likeness (QED) is 0.715. The summed E-state index contributed by atoms with van der Waals surface area (Å²) in [6.07, 6.45) is 0. The monoisotopic (exact) mass is 347 g/mol. The van der Waals surface area contributed by atoms with E-state index in [9.17, 15) is 14.0 Å². The van der Waals surface area contributed by atoms with E-state index in [4.69, 9.17) is 0 Å². The molecule has 0 atom stereocenters. The lowest BCUT2D eigenvalue weighted by molar-refractivity contribution is 0.0842. The summed E-state index contributed by atoms with van der Waals surface area (Å²) in [5.74, 6) is -1.95. The zero-order valence-electron chi connectivity index (χ0n) is 11.6. The van der Waals surface area contributed by atoms with Gasteiger partial charge in [-0.2, -0.15) is 11.3 Å². The van der Waals surface area contributed by atoms with Crippen molar-refractivity contribution < 1.29 is 14.0 Å². The largest absolute Gasteiger partial charge is 0.289 e. The number of carbonyl (C=O) groups is 2. The predicted molar refractivity (Wildman–Crippen MR) is 86.8 cm³/mol. The summed E-state index contributed by atoms with van der Waals surface area (Å²) in [6, 6.07) is 7.42. The summed E-state index contributed by atoms with van der Waals surface area (Å²) in [4.78, 5) is 28.0. The molecule has 2 heterocycles. The third-order valence-electron chi connectivity index (χ3n) is 2.91. The van der Waals surface area contributed by atoms with Crippen LogP contribution in [0.3, 0.4) is 0 Å². The van der Waals surface area contributed by atoms with Crippen LogP contribution >= 0.6 is 22.7 Å². The number of halogens is 1. The SMILES string of the molecule is O=C(NNC(=O)c1ccccc1F)c1csc(-c2ccsc2)n1. The molecule has 5 nitrogen and oxygen atoms in total. The molecule has 0 spiro atoms. The van der Waals surface area contributed by atoms with Crippen molar-refractivity contribution in [2.75, 3.05) is 0 Å². The number of thiazole rings is 1. The number of nitrogens with one attached hydrogen (secondary N) is 2. The Balaban J connectivity index is 1.64. The van der Waals surface area contributed by atoms with Crippen molar-refractivity contribution in [2.24, 2.45) is 0 Å². The lowest BCUT2D eigenvalue weighted by Crippen LogP contribution is -2.42. The minimum Gasteiger partial charge on any atom is -0.267 e. The number of aromatic nitrogens is 1. The fourth-order valence-corrected chi connectivity index (χ4v) is 3.30. The summed E-state index contributed by atoms with van der Waals surface area (Å²) < 4.78 is 13.5. The first kappa shape index (κ1) is 15.3. The van der Waals surface area contributed by atoms with Crippen LogP contribution < -0.4 is 10.9 Å². The highest BCUT2D eigenvalue weighted by atomic mass is 32.1. The number of nitrogens with zero attached hydrogens (tertiary/aromatic N) is 1. The van der Waals surface area contributed by atoms with Crippen LogP contribution in [0, 0.1) is 5.82 Å². The average molecular weight is 347 g/mol. The molecule has 23 heavy (non-hydrogen) atoms. The number of hydrogen-bond donors (Lipinski definition) is 2. The molecule has 2 N–H and O–H groups in total. The van der Waals surface area contributed by atoms with Gasteiger partial charge in [0.15, 0.2) is 0 Å². The van der Waals surface area contributed by atoms with Crippen molar-refractivity contribution in [1.82, 2.24) is 15.8 Å². The third kappa shape index (κ3) is 3.43. The van der Waals surface area contributed by atoms with Crippen molar-refractivity contribution >= 4 is 34.5 Å². The van der Waals surface area contributed by atoms with Gasteiger partial charge in [-0.05, 0) is 23.6 Å². The van der Waals surface area contributed by atoms with Crippen LogP contribution in [0.15, 0.2) is 46.5 Å². The fraction of sp³-hybridized carbons (Fsp3) is 0. The molecule has 0 saturated heterocycles. The zero-order chi connectivity index (χ0) is 16.2. The molecule has 0 fully saturated rings. The van der Waals surface area contributed by atoms with E-state index in [2.05, 4.69) is 15.8 Å². The molecule has 1 aromatic carbocycles. The van der Waals surface area contributed by atoms with Gasteiger partial charge < -0.3 is 0 Å². The fourth-order valence-electron chi connectivity index (χ4n) is 1.79. The summed E-state index contributed by atoms with van der Waals surface area (Å²) in [5.41, 5.74) is 5.37. The highest BCUT2D eigenvalue weighted by Crippen LogP contribution is 2.25. The predicted octanol–water partition coefficient (Wildman–Crippen LogP) is 3.09. The smallest absolute Gasteiger partial charge is 0.267 e. The summed E-state index contributed by atoms with van der Waals surface area (Å²) in [5, 5.41) is 6.17. The lowest BCUT2D eigenvalue weighted by atomic mass is 10.2. The van der Waals surface area contributed by atoms with Gasteiger partial charge >= 0.3 is 0 Å². The van der Waals surface area contributed by atoms with Crippen LogP contribution in [0.2, 0.25) is 0 Å². The van der Waals surface area contributed by atoms with Crippen LogP contribution in [0.5, 0.6) is 0 Å². The van der Waals surface area contributed by atoms with Crippen molar-refractivity contribution in [2.45, 2.75) is 0 Å². The molecule has 3 aromatic rings. The Labute approximate surface area is 138 Å². The molecular formula is C15H10FN3O2S2. The first-order valence-electron chi connectivity index (χ1n) is 6.48. The standard InChI is InChI=1S/C15H10FN3O2S2/c16-11-4-2-1-3-10(11)13(20)18-19-14(21)12-8-23-15(17-12)9-5-6-22-7-9/h1-8H,(H,18,20)(H,19,21). The Morgan fingerprint density at radius 3 is 2.57 bits per heavy atom. The average Bonchev–Trinajstić information content (AvgIpc) is 3.23. The maximum Gasteiger partial charge on any atom is 0.289 e. The number of carbonyl (C=O) groups excluding carboxylic acids is 2. The minimum absolute atomic E-state index is 0.148. The van der Waals surface area contributed by atoms with Crippen molar-refractivity contribution in [1.29, 1.82) is 0 Å². The van der Waals surface area contributed by atoms with E-state index < -0.39 is 17.6 Å². The third-order valence-corrected chi connectivity index (χ3v) is 4.49. The lowest BCUT2D eigenvalue weighted by Gasteiger charge is -2.06. The van der Waals surface area contributed by atoms with Gasteiger partial charge in [-0.15, -0.1) is 11.3 Å². The van der Waals surface area contributed by atoms with Crippen molar-refractivity contribution in [3.63, 3.8) is 0 Å². The molecule has 0 aliphatic heterocycles. The van der Waals surface area contributed by atoms with Crippen molar-refractivity contribution in [3.05, 3.63) is 63.5 Å². The van der Waals surface area contributed by atoms with Gasteiger partial charge in [0.25, 0.3) is 11.8 Å². The van der Waals surface area contributed by atoms with E-state index in [0.717, 1.165) is 10.6 Å². The molecule has 116 valence electrons. The zero-order valence-corrected chi connectivity index (χ0v) is 13.2. The molecule has 0 saturated carbocycles. The van der Waals surface area contributed by atoms with Crippen molar-refractivity contribution in [3.8, 4) is 10.6 Å². The van der Waals surface area contributed by atoms with Gasteiger partial charge in [-0.25, -0.2) is 9.37 Å². The van der Waals surface area contributed by atoms with Crippen LogP contribution in [-0.4, -0.2) is 16.8 Å². The molecule has 3 rings (SSSR count). The van der Waals surface area contributed by atoms with Gasteiger partial charge in [-0.3, -0.25) is 20.4 Å². The van der Waals surface area contributed by atoms with E-state index in [1.165, 1.54) is 46.9 Å². The molecule has 0 bridgehead atoms. The summed E-state index contributed by atoms with van der Waals surface area (Å²) in [6.45, 7) is 0. The molecule has 0 aliphatic carbocycles. The molecule has 2 aromatic heterocycles.